The normalized spacial score (nSPS) is 11.0. The van der Waals surface area contributed by atoms with Crippen LogP contribution in [0.15, 0.2) is 95.5 Å². The highest BCUT2D eigenvalue weighted by atomic mass is 79.9. The molecule has 0 atom stereocenters. The van der Waals surface area contributed by atoms with Crippen LogP contribution in [0.5, 0.6) is 0 Å². The van der Waals surface area contributed by atoms with Gasteiger partial charge in [-0.25, -0.2) is 0 Å². The molecule has 146 valence electrons. The number of aliphatic hydroxyl groups excluding tert-OH is 1. The molecule has 1 aromatic heterocycles. The van der Waals surface area contributed by atoms with E-state index in [1.54, 1.807) is 0 Å². The van der Waals surface area contributed by atoms with Gasteiger partial charge in [0.15, 0.2) is 0 Å². The van der Waals surface area contributed by atoms with Crippen LogP contribution in [0.1, 0.15) is 0 Å². The minimum atomic E-state index is -0.00464. The number of halogens is 1. The molecule has 0 unspecified atom stereocenters. The van der Waals surface area contributed by atoms with Crippen LogP contribution >= 0.6 is 15.9 Å². The summed E-state index contributed by atoms with van der Waals surface area (Å²) in [6.07, 6.45) is 0. The molecule has 0 fully saturated rings. The van der Waals surface area contributed by atoms with E-state index in [9.17, 15) is 5.11 Å². The third-order valence-corrected chi connectivity index (χ3v) is 5.59. The predicted octanol–water partition coefficient (Wildman–Crippen LogP) is 6.22. The Bertz CT molecular complexity index is 1060. The molecule has 4 heteroatoms. The van der Waals surface area contributed by atoms with Crippen molar-refractivity contribution >= 4 is 15.9 Å². The number of nitrogens with zero attached hydrogens (tertiary/aromatic N) is 1. The molecule has 0 bridgehead atoms. The van der Waals surface area contributed by atoms with E-state index in [2.05, 4.69) is 69.0 Å². The molecule has 0 spiro atoms. The van der Waals surface area contributed by atoms with Gasteiger partial charge >= 0.3 is 0 Å². The van der Waals surface area contributed by atoms with Crippen molar-refractivity contribution in [3.05, 3.63) is 95.5 Å². The van der Waals surface area contributed by atoms with Crippen LogP contribution in [0.3, 0.4) is 0 Å². The van der Waals surface area contributed by atoms with E-state index >= 15 is 0 Å². The van der Waals surface area contributed by atoms with Crippen molar-refractivity contribution in [1.29, 1.82) is 0 Å². The van der Waals surface area contributed by atoms with Crippen LogP contribution < -0.4 is 0 Å². The van der Waals surface area contributed by atoms with Crippen molar-refractivity contribution in [2.24, 2.45) is 0 Å². The van der Waals surface area contributed by atoms with Crippen LogP contribution in [-0.4, -0.2) is 22.9 Å². The van der Waals surface area contributed by atoms with Crippen molar-refractivity contribution in [3.63, 3.8) is 0 Å². The van der Waals surface area contributed by atoms with Gasteiger partial charge in [-0.1, -0.05) is 91.0 Å². The molecule has 1 heterocycles. The predicted molar refractivity (Wildman–Crippen MR) is 121 cm³/mol. The second-order valence-corrected chi connectivity index (χ2v) is 7.47. The summed E-state index contributed by atoms with van der Waals surface area (Å²) in [4.78, 5) is 0. The number of hydrogen-bond acceptors (Lipinski definition) is 2. The fraction of sp³-hybridized carbons (Fsp3) is 0.120. The Balaban J connectivity index is 2.02. The van der Waals surface area contributed by atoms with Crippen molar-refractivity contribution in [3.8, 4) is 33.6 Å². The monoisotopic (exact) mass is 447 g/mol. The van der Waals surface area contributed by atoms with Gasteiger partial charge in [0.2, 0.25) is 0 Å². The number of rotatable bonds is 7. The summed E-state index contributed by atoms with van der Waals surface area (Å²) in [6.45, 7) is 0.634. The largest absolute Gasteiger partial charge is 0.394 e. The molecule has 3 nitrogen and oxygen atoms in total. The van der Waals surface area contributed by atoms with Crippen LogP contribution in [0.2, 0.25) is 0 Å². The maximum Gasteiger partial charge on any atom is 0.123 e. The zero-order chi connectivity index (χ0) is 20.1. The molecule has 3 aromatic carbocycles. The Morgan fingerprint density at radius 3 is 1.69 bits per heavy atom. The van der Waals surface area contributed by atoms with Crippen LogP contribution in [0.25, 0.3) is 33.6 Å². The summed E-state index contributed by atoms with van der Waals surface area (Å²) < 4.78 is 9.01. The Labute approximate surface area is 179 Å². The SMILES string of the molecule is OCCOCn1c(-c2ccccc2)c(Br)c(-c2ccccc2)c1-c1ccccc1. The first kappa shape index (κ1) is 19.6. The Morgan fingerprint density at radius 1 is 0.690 bits per heavy atom. The van der Waals surface area contributed by atoms with Gasteiger partial charge in [0.05, 0.1) is 29.1 Å². The Kier molecular flexibility index (Phi) is 6.25. The number of benzene rings is 3. The molecule has 4 aromatic rings. The lowest BCUT2D eigenvalue weighted by Crippen LogP contribution is -2.08. The molecule has 0 aliphatic heterocycles. The van der Waals surface area contributed by atoms with E-state index in [0.717, 1.165) is 38.1 Å². The van der Waals surface area contributed by atoms with Gasteiger partial charge in [-0.2, -0.15) is 0 Å². The minimum Gasteiger partial charge on any atom is -0.394 e. The highest BCUT2D eigenvalue weighted by Crippen LogP contribution is 2.46. The van der Waals surface area contributed by atoms with Gasteiger partial charge in [-0.3, -0.25) is 0 Å². The summed E-state index contributed by atoms with van der Waals surface area (Å²) in [6, 6.07) is 31.0. The van der Waals surface area contributed by atoms with Crippen molar-refractivity contribution in [2.45, 2.75) is 6.73 Å². The van der Waals surface area contributed by atoms with Crippen molar-refractivity contribution in [2.75, 3.05) is 13.2 Å². The summed E-state index contributed by atoms with van der Waals surface area (Å²) in [7, 11) is 0. The molecule has 0 saturated carbocycles. The minimum absolute atomic E-state index is 0.00464. The molecule has 0 radical (unpaired) electrons. The third-order valence-electron chi connectivity index (χ3n) is 4.82. The average molecular weight is 448 g/mol. The first-order chi connectivity index (χ1) is 14.3. The van der Waals surface area contributed by atoms with Gasteiger partial charge in [0.25, 0.3) is 0 Å². The van der Waals surface area contributed by atoms with Crippen LogP contribution in [0, 0.1) is 0 Å². The summed E-state index contributed by atoms with van der Waals surface area (Å²) in [5.41, 5.74) is 6.62. The summed E-state index contributed by atoms with van der Waals surface area (Å²) >= 11 is 3.91. The first-order valence-electron chi connectivity index (χ1n) is 9.58. The number of aromatic nitrogens is 1. The van der Waals surface area contributed by atoms with Gasteiger partial charge in [-0.05, 0) is 32.6 Å². The van der Waals surface area contributed by atoms with Gasteiger partial charge < -0.3 is 14.4 Å². The molecule has 1 N–H and O–H groups in total. The van der Waals surface area contributed by atoms with E-state index in [0.29, 0.717) is 13.3 Å². The fourth-order valence-corrected chi connectivity index (χ4v) is 4.44. The molecule has 0 aliphatic carbocycles. The third kappa shape index (κ3) is 4.06. The molecular formula is C25H22BrNO2. The zero-order valence-electron chi connectivity index (χ0n) is 16.0. The zero-order valence-corrected chi connectivity index (χ0v) is 17.5. The van der Waals surface area contributed by atoms with E-state index in [1.807, 2.05) is 42.5 Å². The van der Waals surface area contributed by atoms with Crippen molar-refractivity contribution in [1.82, 2.24) is 4.57 Å². The maximum absolute atomic E-state index is 9.21. The number of ether oxygens (including phenoxy) is 1. The Hall–Kier alpha value is -2.66. The van der Waals surface area contributed by atoms with Gasteiger partial charge in [-0.15, -0.1) is 0 Å². The van der Waals surface area contributed by atoms with Gasteiger partial charge in [0.1, 0.15) is 6.73 Å². The quantitative estimate of drug-likeness (QED) is 0.341. The molecule has 0 amide bonds. The van der Waals surface area contributed by atoms with E-state index in [1.165, 1.54) is 0 Å². The van der Waals surface area contributed by atoms with E-state index < -0.39 is 0 Å². The highest BCUT2D eigenvalue weighted by molar-refractivity contribution is 9.10. The second kappa shape index (κ2) is 9.23. The summed E-state index contributed by atoms with van der Waals surface area (Å²) in [5.74, 6) is 0. The molecule has 0 aliphatic rings. The smallest absolute Gasteiger partial charge is 0.123 e. The molecule has 4 rings (SSSR count). The van der Waals surface area contributed by atoms with Crippen LogP contribution in [-0.2, 0) is 11.5 Å². The Morgan fingerprint density at radius 2 is 1.17 bits per heavy atom. The second-order valence-electron chi connectivity index (χ2n) is 6.67. The van der Waals surface area contributed by atoms with Crippen molar-refractivity contribution < 1.29 is 9.84 Å². The first-order valence-corrected chi connectivity index (χ1v) is 10.4. The standard InChI is InChI=1S/C25H22BrNO2/c26-23-22(19-10-4-1-5-11-19)24(20-12-6-2-7-13-20)27(18-29-17-16-28)25(23)21-14-8-3-9-15-21/h1-15,28H,16-18H2. The topological polar surface area (TPSA) is 34.4 Å². The van der Waals surface area contributed by atoms with Gasteiger partial charge in [0, 0.05) is 5.56 Å². The molecule has 0 saturated heterocycles. The maximum atomic E-state index is 9.21. The lowest BCUT2D eigenvalue weighted by atomic mass is 10.0. The lowest BCUT2D eigenvalue weighted by Gasteiger charge is -2.15. The molecular weight excluding hydrogens is 426 g/mol. The van der Waals surface area contributed by atoms with Crippen LogP contribution in [0.4, 0.5) is 0 Å². The fourth-order valence-electron chi connectivity index (χ4n) is 3.58. The number of aliphatic hydroxyl groups is 1. The average Bonchev–Trinajstić information content (AvgIpc) is 3.07. The summed E-state index contributed by atoms with van der Waals surface area (Å²) in [5, 5.41) is 9.21. The van der Waals surface area contributed by atoms with E-state index in [4.69, 9.17) is 4.74 Å². The van der Waals surface area contributed by atoms with E-state index in [-0.39, 0.29) is 6.61 Å². The molecule has 29 heavy (non-hydrogen) atoms. The lowest BCUT2D eigenvalue weighted by molar-refractivity contribution is 0.0499. The number of hydrogen-bond donors (Lipinski definition) is 1. The highest BCUT2D eigenvalue weighted by Gasteiger charge is 2.24.